The summed E-state index contributed by atoms with van der Waals surface area (Å²) in [7, 11) is -0.761. The Labute approximate surface area is 203 Å². The van der Waals surface area contributed by atoms with Gasteiger partial charge in [0.2, 0.25) is 0 Å². The van der Waals surface area contributed by atoms with Crippen LogP contribution in [0.3, 0.4) is 0 Å². The fourth-order valence-electron chi connectivity index (χ4n) is 4.02. The highest BCUT2D eigenvalue weighted by Crippen LogP contribution is 2.38. The van der Waals surface area contributed by atoms with Gasteiger partial charge in [-0.1, -0.05) is 48.0 Å². The van der Waals surface area contributed by atoms with Crippen LogP contribution < -0.4 is 9.47 Å². The molecular formula is C27H23N3O4S. The lowest BCUT2D eigenvalue weighted by atomic mass is 10.1. The van der Waals surface area contributed by atoms with Crippen molar-refractivity contribution in [2.75, 3.05) is 14.2 Å². The van der Waals surface area contributed by atoms with Crippen molar-refractivity contribution in [1.82, 2.24) is 13.9 Å². The maximum atomic E-state index is 13.7. The van der Waals surface area contributed by atoms with E-state index in [0.29, 0.717) is 33.8 Å². The van der Waals surface area contributed by atoms with Gasteiger partial charge >= 0.3 is 0 Å². The number of para-hydroxylation sites is 2. The first-order valence-electron chi connectivity index (χ1n) is 10.9. The van der Waals surface area contributed by atoms with Crippen molar-refractivity contribution in [3.8, 4) is 33.9 Å². The number of aryl methyl sites for hydroxylation is 1. The van der Waals surface area contributed by atoms with Crippen LogP contribution in [0.2, 0.25) is 0 Å². The molecule has 0 saturated carbocycles. The molecule has 2 heterocycles. The minimum atomic E-state index is -3.93. The Morgan fingerprint density at radius 1 is 0.771 bits per heavy atom. The third-order valence-corrected chi connectivity index (χ3v) is 7.49. The zero-order chi connectivity index (χ0) is 24.6. The Balaban J connectivity index is 1.81. The van der Waals surface area contributed by atoms with Gasteiger partial charge in [0.25, 0.3) is 10.0 Å². The van der Waals surface area contributed by atoms with E-state index in [4.69, 9.17) is 14.5 Å². The topological polar surface area (TPSA) is 83.3 Å². The summed E-state index contributed by atoms with van der Waals surface area (Å²) >= 11 is 0. The molecule has 0 fully saturated rings. The van der Waals surface area contributed by atoms with Gasteiger partial charge in [0.15, 0.2) is 5.65 Å². The number of fused-ring (bicyclic) bond motifs is 1. The van der Waals surface area contributed by atoms with Gasteiger partial charge in [-0.05, 0) is 37.3 Å². The second-order valence-corrected chi connectivity index (χ2v) is 9.80. The molecule has 0 atom stereocenters. The molecular weight excluding hydrogens is 462 g/mol. The zero-order valence-corrected chi connectivity index (χ0v) is 20.3. The monoisotopic (exact) mass is 485 g/mol. The fourth-order valence-corrected chi connectivity index (χ4v) is 5.33. The summed E-state index contributed by atoms with van der Waals surface area (Å²) in [6, 6.07) is 21.6. The maximum Gasteiger partial charge on any atom is 0.269 e. The molecule has 0 saturated heterocycles. The van der Waals surface area contributed by atoms with Gasteiger partial charge < -0.3 is 9.47 Å². The van der Waals surface area contributed by atoms with Gasteiger partial charge in [0.05, 0.1) is 31.0 Å². The van der Waals surface area contributed by atoms with Crippen LogP contribution in [0.5, 0.6) is 11.5 Å². The Bertz CT molecular complexity index is 1640. The van der Waals surface area contributed by atoms with Crippen LogP contribution in [0.25, 0.3) is 33.5 Å². The van der Waals surface area contributed by atoms with Gasteiger partial charge in [-0.3, -0.25) is 0 Å². The lowest BCUT2D eigenvalue weighted by molar-refractivity contribution is 0.416. The van der Waals surface area contributed by atoms with Gasteiger partial charge in [0.1, 0.15) is 17.0 Å². The summed E-state index contributed by atoms with van der Waals surface area (Å²) in [5.41, 5.74) is 4.26. The Hall–Kier alpha value is -4.17. The van der Waals surface area contributed by atoms with Gasteiger partial charge in [-0.2, -0.15) is 0 Å². The number of rotatable bonds is 6. The second kappa shape index (κ2) is 8.88. The van der Waals surface area contributed by atoms with Gasteiger partial charge in [-0.25, -0.2) is 22.4 Å². The lowest BCUT2D eigenvalue weighted by Gasteiger charge is -2.09. The number of hydrogen-bond acceptors (Lipinski definition) is 6. The van der Waals surface area contributed by atoms with Crippen LogP contribution in [0.15, 0.2) is 90.1 Å². The summed E-state index contributed by atoms with van der Waals surface area (Å²) < 4.78 is 39.6. The Morgan fingerprint density at radius 3 is 2.03 bits per heavy atom. The fraction of sp³-hybridized carbons (Fsp3) is 0.111. The zero-order valence-electron chi connectivity index (χ0n) is 19.5. The highest BCUT2D eigenvalue weighted by Gasteiger charge is 2.25. The van der Waals surface area contributed by atoms with Crippen molar-refractivity contribution >= 4 is 21.2 Å². The summed E-state index contributed by atoms with van der Waals surface area (Å²) in [6.45, 7) is 1.91. The highest BCUT2D eigenvalue weighted by molar-refractivity contribution is 7.90. The van der Waals surface area contributed by atoms with Crippen molar-refractivity contribution in [2.24, 2.45) is 0 Å². The minimum absolute atomic E-state index is 0.169. The number of benzene rings is 3. The SMILES string of the molecule is COc1ccccc1-c1cnc2c(n1)c(-c1ccccc1OC)cn2S(=O)(=O)c1ccc(C)cc1. The number of hydrogen-bond donors (Lipinski definition) is 0. The lowest BCUT2D eigenvalue weighted by Crippen LogP contribution is -2.12. The van der Waals surface area contributed by atoms with E-state index in [1.165, 1.54) is 3.97 Å². The predicted molar refractivity (Wildman–Crippen MR) is 135 cm³/mol. The molecule has 0 spiro atoms. The molecule has 0 unspecified atom stereocenters. The molecule has 7 nitrogen and oxygen atoms in total. The standard InChI is InChI=1S/C27H23N3O4S/c1-18-12-14-19(15-13-18)35(31,32)30-17-22(20-8-4-6-10-24(20)33-2)26-27(30)28-16-23(29-26)21-9-5-7-11-25(21)34-3/h4-17H,1-3H3. The summed E-state index contributed by atoms with van der Waals surface area (Å²) in [6.07, 6.45) is 3.12. The molecule has 3 aromatic carbocycles. The van der Waals surface area contributed by atoms with Crippen molar-refractivity contribution < 1.29 is 17.9 Å². The third kappa shape index (κ3) is 3.91. The van der Waals surface area contributed by atoms with E-state index in [2.05, 4.69) is 4.98 Å². The van der Waals surface area contributed by atoms with E-state index in [1.54, 1.807) is 50.9 Å². The maximum absolute atomic E-state index is 13.7. The van der Waals surface area contributed by atoms with E-state index >= 15 is 0 Å². The Kier molecular flexibility index (Phi) is 5.74. The summed E-state index contributed by atoms with van der Waals surface area (Å²) in [4.78, 5) is 9.60. The van der Waals surface area contributed by atoms with Crippen molar-refractivity contribution in [1.29, 1.82) is 0 Å². The van der Waals surface area contributed by atoms with Crippen molar-refractivity contribution in [2.45, 2.75) is 11.8 Å². The molecule has 35 heavy (non-hydrogen) atoms. The number of ether oxygens (including phenoxy) is 2. The van der Waals surface area contributed by atoms with Crippen LogP contribution in [-0.2, 0) is 10.0 Å². The summed E-state index contributed by atoms with van der Waals surface area (Å²) in [5.74, 6) is 1.25. The first-order chi connectivity index (χ1) is 16.9. The molecule has 0 bridgehead atoms. The van der Waals surface area contributed by atoms with Crippen LogP contribution in [-0.4, -0.2) is 36.6 Å². The van der Waals surface area contributed by atoms with Crippen molar-refractivity contribution in [3.05, 3.63) is 90.8 Å². The van der Waals surface area contributed by atoms with Crippen LogP contribution in [0.4, 0.5) is 0 Å². The van der Waals surface area contributed by atoms with Crippen LogP contribution in [0, 0.1) is 6.92 Å². The number of nitrogens with zero attached hydrogens (tertiary/aromatic N) is 3. The van der Waals surface area contributed by atoms with Gasteiger partial charge in [0, 0.05) is 22.9 Å². The molecule has 5 aromatic rings. The first-order valence-corrected chi connectivity index (χ1v) is 12.3. The van der Waals surface area contributed by atoms with Gasteiger partial charge in [-0.15, -0.1) is 0 Å². The second-order valence-electron chi connectivity index (χ2n) is 7.98. The third-order valence-electron chi connectivity index (χ3n) is 5.82. The van der Waals surface area contributed by atoms with Crippen molar-refractivity contribution in [3.63, 3.8) is 0 Å². The van der Waals surface area contributed by atoms with E-state index in [0.717, 1.165) is 11.1 Å². The molecule has 8 heteroatoms. The molecule has 0 aliphatic carbocycles. The Morgan fingerprint density at radius 2 is 1.37 bits per heavy atom. The van der Waals surface area contributed by atoms with E-state index in [-0.39, 0.29) is 10.5 Å². The van der Waals surface area contributed by atoms with E-state index in [9.17, 15) is 8.42 Å². The molecule has 176 valence electrons. The average molecular weight is 486 g/mol. The number of methoxy groups -OCH3 is 2. The number of aromatic nitrogens is 3. The average Bonchev–Trinajstić information content (AvgIpc) is 3.28. The van der Waals surface area contributed by atoms with E-state index in [1.807, 2.05) is 55.5 Å². The quantitative estimate of drug-likeness (QED) is 0.323. The molecule has 0 aliphatic heterocycles. The molecule has 0 amide bonds. The minimum Gasteiger partial charge on any atom is -0.496 e. The molecule has 0 radical (unpaired) electrons. The predicted octanol–water partition coefficient (Wildman–Crippen LogP) is 5.33. The highest BCUT2D eigenvalue weighted by atomic mass is 32.2. The molecule has 5 rings (SSSR count). The smallest absolute Gasteiger partial charge is 0.269 e. The van der Waals surface area contributed by atoms with Crippen LogP contribution >= 0.6 is 0 Å². The molecule has 2 aromatic heterocycles. The normalized spacial score (nSPS) is 11.5. The summed E-state index contributed by atoms with van der Waals surface area (Å²) in [5, 5.41) is 0. The largest absolute Gasteiger partial charge is 0.496 e. The molecule has 0 aliphatic rings. The molecule has 0 N–H and O–H groups in total. The van der Waals surface area contributed by atoms with Crippen LogP contribution in [0.1, 0.15) is 5.56 Å². The first kappa shape index (κ1) is 22.6. The van der Waals surface area contributed by atoms with E-state index < -0.39 is 10.0 Å².